The molecule has 4 heteroatoms. The standard InChI is InChI=1S/C11H22N2OS/c1-4-13(5-2)11(14)12-9-6-7-10(8-9)15-3/h9-10H,4-8H2,1-3H3,(H,12,14). The Morgan fingerprint density at radius 3 is 2.53 bits per heavy atom. The molecule has 15 heavy (non-hydrogen) atoms. The molecule has 1 rings (SSSR count). The van der Waals surface area contributed by atoms with Crippen LogP contribution in [0.15, 0.2) is 0 Å². The van der Waals surface area contributed by atoms with Crippen molar-refractivity contribution in [3.63, 3.8) is 0 Å². The highest BCUT2D eigenvalue weighted by Crippen LogP contribution is 2.28. The van der Waals surface area contributed by atoms with Crippen LogP contribution in [0.25, 0.3) is 0 Å². The molecule has 0 aliphatic heterocycles. The summed E-state index contributed by atoms with van der Waals surface area (Å²) >= 11 is 1.92. The fraction of sp³-hybridized carbons (Fsp3) is 0.909. The van der Waals surface area contributed by atoms with E-state index in [1.807, 2.05) is 30.5 Å². The normalized spacial score (nSPS) is 25.3. The third-order valence-electron chi connectivity index (χ3n) is 3.10. The van der Waals surface area contributed by atoms with Crippen molar-refractivity contribution >= 4 is 17.8 Å². The molecule has 1 aliphatic rings. The van der Waals surface area contributed by atoms with E-state index in [0.717, 1.165) is 31.2 Å². The minimum atomic E-state index is 0.103. The summed E-state index contributed by atoms with van der Waals surface area (Å²) in [5, 5.41) is 3.86. The lowest BCUT2D eigenvalue weighted by Gasteiger charge is -2.22. The summed E-state index contributed by atoms with van der Waals surface area (Å²) in [6, 6.07) is 0.502. The molecule has 0 radical (unpaired) electrons. The summed E-state index contributed by atoms with van der Waals surface area (Å²) in [5.74, 6) is 0. The van der Waals surface area contributed by atoms with Crippen molar-refractivity contribution in [1.82, 2.24) is 10.2 Å². The van der Waals surface area contributed by atoms with Gasteiger partial charge in [0.1, 0.15) is 0 Å². The van der Waals surface area contributed by atoms with Crippen molar-refractivity contribution in [3.8, 4) is 0 Å². The molecule has 0 aromatic carbocycles. The Balaban J connectivity index is 2.32. The average Bonchev–Trinajstić information content (AvgIpc) is 2.67. The molecule has 0 heterocycles. The zero-order valence-electron chi connectivity index (χ0n) is 9.95. The maximum absolute atomic E-state index is 11.8. The van der Waals surface area contributed by atoms with Crippen LogP contribution in [0.5, 0.6) is 0 Å². The number of carbonyl (C=O) groups excluding carboxylic acids is 1. The smallest absolute Gasteiger partial charge is 0.317 e. The molecule has 1 aliphatic carbocycles. The maximum Gasteiger partial charge on any atom is 0.317 e. The van der Waals surface area contributed by atoms with E-state index >= 15 is 0 Å². The number of urea groups is 1. The lowest BCUT2D eigenvalue weighted by Crippen LogP contribution is -2.43. The van der Waals surface area contributed by atoms with Crippen molar-refractivity contribution in [2.24, 2.45) is 0 Å². The molecule has 1 N–H and O–H groups in total. The second-order valence-corrected chi connectivity index (χ2v) is 5.13. The van der Waals surface area contributed by atoms with Crippen LogP contribution in [0.1, 0.15) is 33.1 Å². The Hall–Kier alpha value is -0.380. The molecule has 1 fully saturated rings. The van der Waals surface area contributed by atoms with E-state index < -0.39 is 0 Å². The first-order chi connectivity index (χ1) is 7.21. The van der Waals surface area contributed by atoms with E-state index in [-0.39, 0.29) is 6.03 Å². The molecule has 2 atom stereocenters. The van der Waals surface area contributed by atoms with Crippen molar-refractivity contribution in [2.75, 3.05) is 19.3 Å². The third kappa shape index (κ3) is 3.59. The summed E-state index contributed by atoms with van der Waals surface area (Å²) in [6.45, 7) is 5.62. The molecule has 88 valence electrons. The lowest BCUT2D eigenvalue weighted by atomic mass is 10.2. The quantitative estimate of drug-likeness (QED) is 0.804. The monoisotopic (exact) mass is 230 g/mol. The number of hydrogen-bond acceptors (Lipinski definition) is 2. The predicted molar refractivity (Wildman–Crippen MR) is 66.4 cm³/mol. The topological polar surface area (TPSA) is 32.3 Å². The molecule has 0 aromatic rings. The molecule has 1 saturated carbocycles. The van der Waals surface area contributed by atoms with Crippen LogP contribution >= 0.6 is 11.8 Å². The fourth-order valence-electron chi connectivity index (χ4n) is 2.06. The minimum absolute atomic E-state index is 0.103. The van der Waals surface area contributed by atoms with Gasteiger partial charge in [0.2, 0.25) is 0 Å². The number of amides is 2. The van der Waals surface area contributed by atoms with E-state index in [9.17, 15) is 4.79 Å². The molecule has 0 saturated heterocycles. The van der Waals surface area contributed by atoms with Gasteiger partial charge < -0.3 is 10.2 Å². The highest BCUT2D eigenvalue weighted by atomic mass is 32.2. The van der Waals surface area contributed by atoms with Gasteiger partial charge in [-0.1, -0.05) is 0 Å². The van der Waals surface area contributed by atoms with Gasteiger partial charge in [-0.25, -0.2) is 4.79 Å². The van der Waals surface area contributed by atoms with Crippen molar-refractivity contribution in [3.05, 3.63) is 0 Å². The van der Waals surface area contributed by atoms with Gasteiger partial charge in [-0.2, -0.15) is 11.8 Å². The summed E-state index contributed by atoms with van der Waals surface area (Å²) < 4.78 is 0. The van der Waals surface area contributed by atoms with Gasteiger partial charge >= 0.3 is 6.03 Å². The van der Waals surface area contributed by atoms with Gasteiger partial charge in [0.05, 0.1) is 0 Å². The van der Waals surface area contributed by atoms with Crippen molar-refractivity contribution < 1.29 is 4.79 Å². The first-order valence-corrected chi connectivity index (χ1v) is 7.08. The second kappa shape index (κ2) is 6.26. The Morgan fingerprint density at radius 2 is 2.07 bits per heavy atom. The SMILES string of the molecule is CCN(CC)C(=O)NC1CCC(SC)C1. The molecule has 2 amide bonds. The molecule has 0 bridgehead atoms. The van der Waals surface area contributed by atoms with Crippen LogP contribution in [-0.4, -0.2) is 41.6 Å². The van der Waals surface area contributed by atoms with E-state index in [2.05, 4.69) is 11.6 Å². The Labute approximate surface area is 97.0 Å². The Morgan fingerprint density at radius 1 is 1.40 bits per heavy atom. The van der Waals surface area contributed by atoms with Crippen LogP contribution in [0.4, 0.5) is 4.79 Å². The van der Waals surface area contributed by atoms with Gasteiger partial charge in [0.25, 0.3) is 0 Å². The number of hydrogen-bond donors (Lipinski definition) is 1. The van der Waals surface area contributed by atoms with Gasteiger partial charge in [0.15, 0.2) is 0 Å². The van der Waals surface area contributed by atoms with Crippen LogP contribution < -0.4 is 5.32 Å². The largest absolute Gasteiger partial charge is 0.335 e. The molecule has 0 aromatic heterocycles. The van der Waals surface area contributed by atoms with Gasteiger partial charge in [-0.05, 0) is 39.4 Å². The summed E-state index contributed by atoms with van der Waals surface area (Å²) in [4.78, 5) is 13.6. The Kier molecular flexibility index (Phi) is 5.29. The Bertz CT molecular complexity index is 207. The zero-order chi connectivity index (χ0) is 11.3. The first kappa shape index (κ1) is 12.7. The van der Waals surface area contributed by atoms with E-state index in [4.69, 9.17) is 0 Å². The molecular weight excluding hydrogens is 208 g/mol. The van der Waals surface area contributed by atoms with Crippen LogP contribution in [-0.2, 0) is 0 Å². The molecular formula is C11H22N2OS. The van der Waals surface area contributed by atoms with Crippen molar-refractivity contribution in [1.29, 1.82) is 0 Å². The number of nitrogens with zero attached hydrogens (tertiary/aromatic N) is 1. The highest BCUT2D eigenvalue weighted by molar-refractivity contribution is 7.99. The van der Waals surface area contributed by atoms with Gasteiger partial charge in [-0.15, -0.1) is 0 Å². The van der Waals surface area contributed by atoms with Gasteiger partial charge in [-0.3, -0.25) is 0 Å². The van der Waals surface area contributed by atoms with Crippen LogP contribution in [0.2, 0.25) is 0 Å². The summed E-state index contributed by atoms with van der Waals surface area (Å²) in [7, 11) is 0. The lowest BCUT2D eigenvalue weighted by molar-refractivity contribution is 0.199. The van der Waals surface area contributed by atoms with E-state index in [1.54, 1.807) is 0 Å². The maximum atomic E-state index is 11.8. The molecule has 2 unspecified atom stereocenters. The fourth-order valence-corrected chi connectivity index (χ4v) is 2.86. The van der Waals surface area contributed by atoms with Crippen LogP contribution in [0.3, 0.4) is 0 Å². The first-order valence-electron chi connectivity index (χ1n) is 5.79. The molecule has 3 nitrogen and oxygen atoms in total. The van der Waals surface area contributed by atoms with Gasteiger partial charge in [0, 0.05) is 24.4 Å². The van der Waals surface area contributed by atoms with E-state index in [1.165, 1.54) is 6.42 Å². The third-order valence-corrected chi connectivity index (χ3v) is 4.19. The van der Waals surface area contributed by atoms with E-state index in [0.29, 0.717) is 6.04 Å². The minimum Gasteiger partial charge on any atom is -0.335 e. The second-order valence-electron chi connectivity index (χ2n) is 3.99. The number of thioether (sulfide) groups is 1. The predicted octanol–water partition coefficient (Wildman–Crippen LogP) is 2.32. The summed E-state index contributed by atoms with van der Waals surface area (Å²) in [5.41, 5.74) is 0. The molecule has 0 spiro atoms. The number of nitrogens with one attached hydrogen (secondary N) is 1. The summed E-state index contributed by atoms with van der Waals surface area (Å²) in [6.07, 6.45) is 5.66. The number of rotatable bonds is 4. The average molecular weight is 230 g/mol. The number of carbonyl (C=O) groups is 1. The van der Waals surface area contributed by atoms with Crippen molar-refractivity contribution in [2.45, 2.75) is 44.4 Å². The van der Waals surface area contributed by atoms with Crippen LogP contribution in [0, 0.1) is 0 Å². The highest BCUT2D eigenvalue weighted by Gasteiger charge is 2.25. The zero-order valence-corrected chi connectivity index (χ0v) is 10.8.